The van der Waals surface area contributed by atoms with Gasteiger partial charge in [-0.05, 0) is 17.5 Å². The number of hydrogen-bond donors (Lipinski definition) is 3. The van der Waals surface area contributed by atoms with Crippen LogP contribution < -0.4 is 0 Å². The number of hydroxylamine groups is 3. The van der Waals surface area contributed by atoms with E-state index in [1.807, 2.05) is 0 Å². The third-order valence-electron chi connectivity index (χ3n) is 3.42. The Kier molecular flexibility index (Phi) is 5.34. The van der Waals surface area contributed by atoms with Gasteiger partial charge in [-0.15, -0.1) is 0 Å². The summed E-state index contributed by atoms with van der Waals surface area (Å²) in [5, 5.41) is 27.6. The van der Waals surface area contributed by atoms with Gasteiger partial charge >= 0.3 is 23.8 Å². The number of nitrogens with zero attached hydrogens (tertiary/aromatic N) is 1. The van der Waals surface area contributed by atoms with Crippen LogP contribution in [0, 0.1) is 0 Å². The van der Waals surface area contributed by atoms with Crippen LogP contribution in [0.2, 0.25) is 0 Å². The second-order valence-corrected chi connectivity index (χ2v) is 4.82. The van der Waals surface area contributed by atoms with Crippen molar-refractivity contribution in [2.24, 2.45) is 0 Å². The number of amides is 2. The zero-order valence-corrected chi connectivity index (χ0v) is 10.9. The second-order valence-electron chi connectivity index (χ2n) is 4.82. The summed E-state index contributed by atoms with van der Waals surface area (Å²) >= 11 is 0. The van der Waals surface area contributed by atoms with E-state index in [1.54, 1.807) is 0 Å². The lowest BCUT2D eigenvalue weighted by atomic mass is 10.1. The van der Waals surface area contributed by atoms with Gasteiger partial charge in [0.15, 0.2) is 0 Å². The third-order valence-corrected chi connectivity index (χ3v) is 3.42. The van der Waals surface area contributed by atoms with Crippen molar-refractivity contribution in [1.29, 1.82) is 0 Å². The first-order valence-electron chi connectivity index (χ1n) is 6.43. The van der Waals surface area contributed by atoms with Crippen molar-refractivity contribution >= 4 is 23.8 Å². The molecule has 0 bridgehead atoms. The first-order chi connectivity index (χ1) is 9.30. The average Bonchev–Trinajstić information content (AvgIpc) is 2.61. The van der Waals surface area contributed by atoms with Crippen LogP contribution in [-0.2, 0) is 19.2 Å². The van der Waals surface area contributed by atoms with Crippen LogP contribution in [0.1, 0.15) is 44.9 Å². The van der Waals surface area contributed by atoms with E-state index >= 15 is 0 Å². The summed E-state index contributed by atoms with van der Waals surface area (Å²) in [5.41, 5.74) is 0. The van der Waals surface area contributed by atoms with E-state index in [4.69, 9.17) is 10.2 Å². The van der Waals surface area contributed by atoms with Crippen molar-refractivity contribution in [2.75, 3.05) is 0 Å². The lowest BCUT2D eigenvalue weighted by molar-refractivity contribution is -0.984. The number of likely N-dealkylation sites (tertiary alicyclic amines) is 1. The molecule has 0 aromatic carbocycles. The Morgan fingerprint density at radius 1 is 1.05 bits per heavy atom. The fraction of sp³-hybridized carbons (Fsp3) is 0.667. The first-order valence-corrected chi connectivity index (χ1v) is 6.43. The Hall–Kier alpha value is -1.80. The maximum absolute atomic E-state index is 11.6. The maximum atomic E-state index is 11.6. The minimum atomic E-state index is -1.66. The van der Waals surface area contributed by atoms with Crippen molar-refractivity contribution in [2.45, 2.75) is 51.0 Å². The summed E-state index contributed by atoms with van der Waals surface area (Å²) in [6.45, 7) is 0. The van der Waals surface area contributed by atoms with Gasteiger partial charge in [-0.2, -0.15) is 0 Å². The molecule has 1 aliphatic rings. The Balaban J connectivity index is 2.61. The highest BCUT2D eigenvalue weighted by Crippen LogP contribution is 2.27. The molecule has 2 amide bonds. The lowest BCUT2D eigenvalue weighted by Crippen LogP contribution is -2.59. The summed E-state index contributed by atoms with van der Waals surface area (Å²) in [4.78, 5) is 44.7. The summed E-state index contributed by atoms with van der Waals surface area (Å²) in [6.07, 6.45) is 0.784. The van der Waals surface area contributed by atoms with E-state index in [0.29, 0.717) is 19.3 Å². The summed E-state index contributed by atoms with van der Waals surface area (Å²) in [7, 11) is 0. The van der Waals surface area contributed by atoms with Crippen LogP contribution in [0.25, 0.3) is 0 Å². The highest BCUT2D eigenvalue weighted by molar-refractivity contribution is 5.93. The van der Waals surface area contributed by atoms with Gasteiger partial charge in [-0.1, -0.05) is 6.42 Å². The molecular weight excluding hydrogens is 270 g/mol. The van der Waals surface area contributed by atoms with Crippen molar-refractivity contribution in [3.8, 4) is 0 Å². The van der Waals surface area contributed by atoms with E-state index < -0.39 is 34.4 Å². The number of carbonyl (C=O) groups excluding carboxylic acids is 2. The molecule has 112 valence electrons. The molecule has 0 aliphatic carbocycles. The first kappa shape index (κ1) is 16.3. The van der Waals surface area contributed by atoms with Crippen molar-refractivity contribution in [1.82, 2.24) is 0 Å². The molecule has 0 aromatic rings. The standard InChI is InChI=1S/C12H17NO7/c14-9-6-7-10(15)13(9,20)8(12(18)19)4-2-1-3-5-11(16)17/h8,20H,1-7H2,(H-,16,17,18,19)/p+1. The molecule has 1 atom stereocenters. The van der Waals surface area contributed by atoms with Crippen LogP contribution in [0.15, 0.2) is 0 Å². The predicted octanol–water partition coefficient (Wildman–Crippen LogP) is 0.528. The minimum absolute atomic E-state index is 0.0191. The largest absolute Gasteiger partial charge is 0.481 e. The highest BCUT2D eigenvalue weighted by Gasteiger charge is 2.58. The normalized spacial score (nSPS) is 19.1. The maximum Gasteiger partial charge on any atom is 0.366 e. The topological polar surface area (TPSA) is 129 Å². The van der Waals surface area contributed by atoms with Gasteiger partial charge in [0.2, 0.25) is 6.04 Å². The highest BCUT2D eigenvalue weighted by atomic mass is 16.6. The molecule has 20 heavy (non-hydrogen) atoms. The Labute approximate surface area is 115 Å². The monoisotopic (exact) mass is 288 g/mol. The van der Waals surface area contributed by atoms with Gasteiger partial charge in [0.25, 0.3) is 0 Å². The fourth-order valence-electron chi connectivity index (χ4n) is 2.30. The van der Waals surface area contributed by atoms with Gasteiger partial charge in [0.05, 0.1) is 12.8 Å². The molecule has 0 spiro atoms. The summed E-state index contributed by atoms with van der Waals surface area (Å²) in [5.74, 6) is -3.94. The van der Waals surface area contributed by atoms with Crippen LogP contribution in [0.3, 0.4) is 0 Å². The number of hydrogen-bond acceptors (Lipinski definition) is 5. The SMILES string of the molecule is O=C(O)CCCCCC(C(=O)O)[N+]1(O)C(=O)CCC1=O. The molecule has 8 heteroatoms. The molecular formula is C12H18NO7+. The van der Waals surface area contributed by atoms with E-state index in [1.165, 1.54) is 0 Å². The van der Waals surface area contributed by atoms with E-state index in [9.17, 15) is 24.4 Å². The Bertz CT molecular complexity index is 416. The molecule has 1 aliphatic heterocycles. The van der Waals surface area contributed by atoms with Gasteiger partial charge in [0.1, 0.15) is 0 Å². The van der Waals surface area contributed by atoms with Crippen molar-refractivity contribution < 1.29 is 39.2 Å². The summed E-state index contributed by atoms with van der Waals surface area (Å²) < 4.78 is -1.66. The Morgan fingerprint density at radius 2 is 1.60 bits per heavy atom. The molecule has 3 N–H and O–H groups in total. The molecule has 1 rings (SSSR count). The van der Waals surface area contributed by atoms with Crippen molar-refractivity contribution in [3.63, 3.8) is 0 Å². The molecule has 0 radical (unpaired) electrons. The molecule has 1 heterocycles. The number of imide groups is 1. The Morgan fingerprint density at radius 3 is 2.05 bits per heavy atom. The molecule has 1 fully saturated rings. The van der Waals surface area contributed by atoms with Crippen LogP contribution in [0.4, 0.5) is 0 Å². The third kappa shape index (κ3) is 3.40. The van der Waals surface area contributed by atoms with E-state index in [2.05, 4.69) is 0 Å². The number of carboxylic acids is 2. The molecule has 1 saturated heterocycles. The number of unbranched alkanes of at least 4 members (excludes halogenated alkanes) is 2. The average molecular weight is 288 g/mol. The lowest BCUT2D eigenvalue weighted by Gasteiger charge is -2.25. The van der Waals surface area contributed by atoms with Crippen LogP contribution >= 0.6 is 0 Å². The molecule has 8 nitrogen and oxygen atoms in total. The quantitative estimate of drug-likeness (QED) is 0.257. The molecule has 1 unspecified atom stereocenters. The van der Waals surface area contributed by atoms with Crippen LogP contribution in [0.5, 0.6) is 0 Å². The number of carbonyl (C=O) groups is 4. The minimum Gasteiger partial charge on any atom is -0.481 e. The van der Waals surface area contributed by atoms with E-state index in [-0.39, 0.29) is 25.7 Å². The van der Waals surface area contributed by atoms with Gasteiger partial charge < -0.3 is 10.2 Å². The number of quaternary nitrogens is 1. The van der Waals surface area contributed by atoms with E-state index in [0.717, 1.165) is 0 Å². The smallest absolute Gasteiger partial charge is 0.366 e. The zero-order valence-electron chi connectivity index (χ0n) is 10.9. The fourth-order valence-corrected chi connectivity index (χ4v) is 2.30. The number of rotatable bonds is 8. The predicted molar refractivity (Wildman–Crippen MR) is 63.4 cm³/mol. The number of carboxylic acid groups (broad SMARTS) is 2. The van der Waals surface area contributed by atoms with Gasteiger partial charge in [-0.3, -0.25) is 4.79 Å². The van der Waals surface area contributed by atoms with Crippen LogP contribution in [-0.4, -0.2) is 49.9 Å². The zero-order chi connectivity index (χ0) is 15.3. The van der Waals surface area contributed by atoms with Crippen molar-refractivity contribution in [3.05, 3.63) is 0 Å². The number of aliphatic carboxylic acids is 2. The molecule has 0 saturated carbocycles. The second kappa shape index (κ2) is 6.58. The van der Waals surface area contributed by atoms with Gasteiger partial charge in [0, 0.05) is 12.8 Å². The van der Waals surface area contributed by atoms with Gasteiger partial charge in [-0.25, -0.2) is 19.6 Å². The molecule has 0 aromatic heterocycles. The summed E-state index contributed by atoms with van der Waals surface area (Å²) in [6, 6.07) is -1.51.